The van der Waals surface area contributed by atoms with Crippen LogP contribution in [0.3, 0.4) is 0 Å². The minimum absolute atomic E-state index is 0.0825. The van der Waals surface area contributed by atoms with E-state index >= 15 is 0 Å². The van der Waals surface area contributed by atoms with E-state index in [1.807, 2.05) is 0 Å². The van der Waals surface area contributed by atoms with Gasteiger partial charge >= 0.3 is 5.97 Å². The van der Waals surface area contributed by atoms with E-state index in [-0.39, 0.29) is 43.7 Å². The zero-order valence-electron chi connectivity index (χ0n) is 20.0. The molecule has 3 rings (SSSR count). The highest BCUT2D eigenvalue weighted by atomic mass is 35.5. The molecule has 0 unspecified atom stereocenters. The molecule has 2 heterocycles. The van der Waals surface area contributed by atoms with Crippen molar-refractivity contribution in [2.24, 2.45) is 14.1 Å². The Morgan fingerprint density at radius 1 is 1.11 bits per heavy atom. The molecule has 0 atom stereocenters. The number of rotatable bonds is 9. The topological polar surface area (TPSA) is 122 Å². The van der Waals surface area contributed by atoms with Gasteiger partial charge in [-0.3, -0.25) is 9.48 Å². The number of sulfone groups is 1. The zero-order valence-corrected chi connectivity index (χ0v) is 21.6. The zero-order chi connectivity index (χ0) is 26.9. The minimum Gasteiger partial charge on any atom is -0.403 e. The molecule has 36 heavy (non-hydrogen) atoms. The van der Waals surface area contributed by atoms with Gasteiger partial charge in [-0.05, 0) is 26.0 Å². The summed E-state index contributed by atoms with van der Waals surface area (Å²) in [6.45, 7) is 1.62. The summed E-state index contributed by atoms with van der Waals surface area (Å²) in [6.07, 6.45) is -0.400. The van der Waals surface area contributed by atoms with Gasteiger partial charge in [0.25, 0.3) is 6.43 Å². The first-order valence-electron chi connectivity index (χ1n) is 10.4. The minimum atomic E-state index is -3.83. The molecule has 0 radical (unpaired) electrons. The highest BCUT2D eigenvalue weighted by molar-refractivity contribution is 7.90. The molecule has 14 heteroatoms. The molecule has 0 aliphatic heterocycles. The predicted octanol–water partition coefficient (Wildman–Crippen LogP) is 3.06. The maximum Gasteiger partial charge on any atom is 0.348 e. The third-order valence-corrected chi connectivity index (χ3v) is 6.77. The summed E-state index contributed by atoms with van der Waals surface area (Å²) in [6, 6.07) is 2.34. The van der Waals surface area contributed by atoms with E-state index < -0.39 is 41.2 Å². The van der Waals surface area contributed by atoms with Crippen LogP contribution in [-0.4, -0.2) is 59.0 Å². The van der Waals surface area contributed by atoms with Crippen molar-refractivity contribution in [2.75, 3.05) is 12.9 Å². The van der Waals surface area contributed by atoms with E-state index in [1.165, 1.54) is 35.6 Å². The Hall–Kier alpha value is -3.16. The number of nitrogens with zero attached hydrogens (tertiary/aromatic N) is 4. The van der Waals surface area contributed by atoms with E-state index in [2.05, 4.69) is 10.2 Å². The number of alkyl halides is 2. The van der Waals surface area contributed by atoms with E-state index in [9.17, 15) is 26.8 Å². The van der Waals surface area contributed by atoms with Gasteiger partial charge in [-0.1, -0.05) is 11.6 Å². The molecule has 0 saturated carbocycles. The van der Waals surface area contributed by atoms with Crippen LogP contribution in [0.4, 0.5) is 8.78 Å². The lowest BCUT2D eigenvalue weighted by Gasteiger charge is -2.14. The molecule has 0 bridgehead atoms. The Bertz CT molecular complexity index is 1450. The average Bonchev–Trinajstić information content (AvgIpc) is 3.24. The van der Waals surface area contributed by atoms with Crippen molar-refractivity contribution in [3.05, 3.63) is 57.0 Å². The normalized spacial score (nSPS) is 11.8. The number of aromatic nitrogens is 4. The van der Waals surface area contributed by atoms with Gasteiger partial charge < -0.3 is 9.47 Å². The van der Waals surface area contributed by atoms with Crippen molar-refractivity contribution >= 4 is 33.2 Å². The van der Waals surface area contributed by atoms with Crippen molar-refractivity contribution in [3.8, 4) is 5.88 Å². The first-order valence-corrected chi connectivity index (χ1v) is 12.7. The number of halogens is 3. The molecule has 3 aromatic rings. The predicted molar refractivity (Wildman–Crippen MR) is 125 cm³/mol. The highest BCUT2D eigenvalue weighted by Crippen LogP contribution is 2.33. The maximum absolute atomic E-state index is 13.6. The third kappa shape index (κ3) is 5.63. The lowest BCUT2D eigenvalue weighted by atomic mass is 10.0. The fraction of sp³-hybridized carbons (Fsp3) is 0.364. The molecule has 0 amide bonds. The van der Waals surface area contributed by atoms with E-state index in [4.69, 9.17) is 21.1 Å². The maximum atomic E-state index is 13.6. The number of ketones is 1. The summed E-state index contributed by atoms with van der Waals surface area (Å²) in [5.41, 5.74) is 0.445. The molecular formula is C22H23ClF2N4O6S. The van der Waals surface area contributed by atoms with E-state index in [1.54, 1.807) is 14.0 Å². The van der Waals surface area contributed by atoms with Crippen LogP contribution in [0.2, 0.25) is 5.02 Å². The first kappa shape index (κ1) is 27.4. The summed E-state index contributed by atoms with van der Waals surface area (Å²) >= 11 is 6.42. The van der Waals surface area contributed by atoms with Gasteiger partial charge in [0.05, 0.1) is 27.9 Å². The van der Waals surface area contributed by atoms with Gasteiger partial charge in [-0.15, -0.1) is 0 Å². The Balaban J connectivity index is 2.06. The standard InChI is InChI=1S/C22H23ClF2N4O6S/c1-11-14(8-28(3)26-11)22(31)35-21-18(12(2)27-29(21)4)20(30)13-6-7-16(36(5,32)33)15(19(13)23)9-34-10-17(24)25/h6-8,17H,9-10H2,1-5H3. The molecule has 0 saturated heterocycles. The quantitative estimate of drug-likeness (QED) is 0.297. The molecule has 2 aromatic heterocycles. The highest BCUT2D eigenvalue weighted by Gasteiger charge is 2.29. The largest absolute Gasteiger partial charge is 0.403 e. The van der Waals surface area contributed by atoms with Crippen molar-refractivity contribution in [3.63, 3.8) is 0 Å². The summed E-state index contributed by atoms with van der Waals surface area (Å²) in [7, 11) is -0.722. The van der Waals surface area contributed by atoms with Crippen LogP contribution in [0.5, 0.6) is 5.88 Å². The molecule has 194 valence electrons. The molecule has 10 nitrogen and oxygen atoms in total. The number of hydrogen-bond acceptors (Lipinski definition) is 8. The molecule has 0 fully saturated rings. The Morgan fingerprint density at radius 3 is 2.33 bits per heavy atom. The van der Waals surface area contributed by atoms with Crippen LogP contribution >= 0.6 is 11.6 Å². The number of hydrogen-bond donors (Lipinski definition) is 0. The van der Waals surface area contributed by atoms with Crippen LogP contribution < -0.4 is 4.74 Å². The van der Waals surface area contributed by atoms with Crippen molar-refractivity contribution in [1.29, 1.82) is 0 Å². The molecule has 1 aromatic carbocycles. The molecule has 0 spiro atoms. The Kier molecular flexibility index (Phi) is 7.96. The second kappa shape index (κ2) is 10.4. The second-order valence-corrected chi connectivity index (χ2v) is 10.4. The van der Waals surface area contributed by atoms with E-state index in [0.717, 1.165) is 12.3 Å². The number of ether oxygens (including phenoxy) is 2. The van der Waals surface area contributed by atoms with Crippen LogP contribution in [0.1, 0.15) is 43.2 Å². The van der Waals surface area contributed by atoms with Crippen LogP contribution in [-0.2, 0) is 35.3 Å². The number of benzene rings is 1. The van der Waals surface area contributed by atoms with Crippen LogP contribution in [0.15, 0.2) is 23.2 Å². The average molecular weight is 545 g/mol. The number of aryl methyl sites for hydroxylation is 4. The summed E-state index contributed by atoms with van der Waals surface area (Å²) in [5, 5.41) is 7.96. The van der Waals surface area contributed by atoms with Gasteiger partial charge in [-0.2, -0.15) is 10.2 Å². The van der Waals surface area contributed by atoms with Crippen LogP contribution in [0, 0.1) is 13.8 Å². The second-order valence-electron chi connectivity index (χ2n) is 7.99. The number of esters is 1. The van der Waals surface area contributed by atoms with Gasteiger partial charge in [0.15, 0.2) is 9.84 Å². The first-order chi connectivity index (χ1) is 16.7. The van der Waals surface area contributed by atoms with Crippen molar-refractivity contribution in [2.45, 2.75) is 31.8 Å². The van der Waals surface area contributed by atoms with Crippen molar-refractivity contribution < 1.29 is 36.3 Å². The number of carbonyl (C=O) groups is 2. The van der Waals surface area contributed by atoms with Crippen molar-refractivity contribution in [1.82, 2.24) is 19.6 Å². The molecular weight excluding hydrogens is 522 g/mol. The fourth-order valence-electron chi connectivity index (χ4n) is 3.60. The summed E-state index contributed by atoms with van der Waals surface area (Å²) in [5.74, 6) is -1.65. The summed E-state index contributed by atoms with van der Waals surface area (Å²) in [4.78, 5) is 26.1. The monoisotopic (exact) mass is 544 g/mol. The number of carbonyl (C=O) groups excluding carboxylic acids is 2. The molecule has 0 N–H and O–H groups in total. The molecule has 0 aliphatic carbocycles. The summed E-state index contributed by atoms with van der Waals surface area (Å²) < 4.78 is 62.6. The van der Waals surface area contributed by atoms with Gasteiger partial charge in [0, 0.05) is 37.7 Å². The Morgan fingerprint density at radius 2 is 1.78 bits per heavy atom. The lowest BCUT2D eigenvalue weighted by molar-refractivity contribution is 0.00922. The third-order valence-electron chi connectivity index (χ3n) is 5.15. The molecule has 0 aliphatic rings. The van der Waals surface area contributed by atoms with Crippen LogP contribution in [0.25, 0.3) is 0 Å². The van der Waals surface area contributed by atoms with E-state index in [0.29, 0.717) is 5.69 Å². The SMILES string of the molecule is Cc1nn(C)cc1C(=O)Oc1c(C(=O)c2ccc(S(C)(=O)=O)c(COCC(F)F)c2Cl)c(C)nn1C. The van der Waals surface area contributed by atoms with Gasteiger partial charge in [0.1, 0.15) is 17.7 Å². The smallest absolute Gasteiger partial charge is 0.348 e. The Labute approximate surface area is 210 Å². The van der Waals surface area contributed by atoms with Gasteiger partial charge in [-0.25, -0.2) is 26.7 Å². The fourth-order valence-corrected chi connectivity index (χ4v) is 4.89. The van der Waals surface area contributed by atoms with Gasteiger partial charge in [0.2, 0.25) is 11.7 Å². The lowest BCUT2D eigenvalue weighted by Crippen LogP contribution is -2.15.